The SMILES string of the molecule is CC(C)(C)c1ccnc(NN)n1. The maximum atomic E-state index is 5.19. The monoisotopic (exact) mass is 166 g/mol. The van der Waals surface area contributed by atoms with Gasteiger partial charge in [-0.25, -0.2) is 15.8 Å². The molecule has 0 atom stereocenters. The summed E-state index contributed by atoms with van der Waals surface area (Å²) < 4.78 is 0. The van der Waals surface area contributed by atoms with Crippen molar-refractivity contribution >= 4 is 5.95 Å². The van der Waals surface area contributed by atoms with Crippen molar-refractivity contribution in [1.29, 1.82) is 0 Å². The van der Waals surface area contributed by atoms with Crippen LogP contribution in [0, 0.1) is 0 Å². The standard InChI is InChI=1S/C8H14N4/c1-8(2,3)6-4-5-10-7(11-6)12-9/h4-5H,9H2,1-3H3,(H,10,11,12). The minimum absolute atomic E-state index is 0.0362. The van der Waals surface area contributed by atoms with Crippen molar-refractivity contribution in [3.63, 3.8) is 0 Å². The molecule has 66 valence electrons. The van der Waals surface area contributed by atoms with E-state index in [0.717, 1.165) is 5.69 Å². The zero-order valence-corrected chi connectivity index (χ0v) is 7.63. The summed E-state index contributed by atoms with van der Waals surface area (Å²) in [6.07, 6.45) is 1.70. The number of rotatable bonds is 1. The molecule has 3 N–H and O–H groups in total. The van der Waals surface area contributed by atoms with E-state index in [1.165, 1.54) is 0 Å². The molecule has 0 aliphatic rings. The third-order valence-corrected chi connectivity index (χ3v) is 1.55. The molecule has 0 aliphatic heterocycles. The summed E-state index contributed by atoms with van der Waals surface area (Å²) in [6, 6.07) is 1.89. The number of nitrogens with one attached hydrogen (secondary N) is 1. The second kappa shape index (κ2) is 3.06. The Hall–Kier alpha value is -1.16. The topological polar surface area (TPSA) is 63.8 Å². The van der Waals surface area contributed by atoms with Crippen molar-refractivity contribution in [2.45, 2.75) is 26.2 Å². The first-order valence-corrected chi connectivity index (χ1v) is 3.84. The van der Waals surface area contributed by atoms with Gasteiger partial charge in [0.15, 0.2) is 0 Å². The van der Waals surface area contributed by atoms with Gasteiger partial charge in [-0.15, -0.1) is 0 Å². The largest absolute Gasteiger partial charge is 0.292 e. The van der Waals surface area contributed by atoms with Crippen LogP contribution < -0.4 is 11.3 Å². The van der Waals surface area contributed by atoms with Gasteiger partial charge < -0.3 is 0 Å². The van der Waals surface area contributed by atoms with E-state index in [4.69, 9.17) is 5.84 Å². The Morgan fingerprint density at radius 1 is 1.42 bits per heavy atom. The minimum atomic E-state index is 0.0362. The maximum absolute atomic E-state index is 5.19. The van der Waals surface area contributed by atoms with Crippen LogP contribution in [0.15, 0.2) is 12.3 Å². The zero-order valence-electron chi connectivity index (χ0n) is 7.63. The number of aromatic nitrogens is 2. The molecule has 0 spiro atoms. The Bertz CT molecular complexity index is 264. The number of hydrazine groups is 1. The molecule has 0 radical (unpaired) electrons. The molecule has 4 nitrogen and oxygen atoms in total. The van der Waals surface area contributed by atoms with Crippen LogP contribution in [0.1, 0.15) is 26.5 Å². The molecule has 1 aromatic rings. The van der Waals surface area contributed by atoms with Gasteiger partial charge in [0, 0.05) is 11.6 Å². The van der Waals surface area contributed by atoms with Crippen LogP contribution in [-0.4, -0.2) is 9.97 Å². The van der Waals surface area contributed by atoms with E-state index >= 15 is 0 Å². The Kier molecular flexibility index (Phi) is 2.28. The minimum Gasteiger partial charge on any atom is -0.292 e. The molecule has 1 rings (SSSR count). The lowest BCUT2D eigenvalue weighted by atomic mass is 9.92. The predicted molar refractivity (Wildman–Crippen MR) is 48.5 cm³/mol. The van der Waals surface area contributed by atoms with Crippen LogP contribution in [0.5, 0.6) is 0 Å². The average Bonchev–Trinajstić information content (AvgIpc) is 2.03. The van der Waals surface area contributed by atoms with Crippen molar-refractivity contribution in [2.24, 2.45) is 5.84 Å². The quantitative estimate of drug-likeness (QED) is 0.483. The van der Waals surface area contributed by atoms with Gasteiger partial charge in [-0.05, 0) is 6.07 Å². The fourth-order valence-electron chi connectivity index (χ4n) is 0.846. The van der Waals surface area contributed by atoms with Gasteiger partial charge >= 0.3 is 0 Å². The summed E-state index contributed by atoms with van der Waals surface area (Å²) in [5.41, 5.74) is 3.43. The molecule has 12 heavy (non-hydrogen) atoms. The molecule has 0 bridgehead atoms. The second-order valence-corrected chi connectivity index (χ2v) is 3.66. The Labute approximate surface area is 72.2 Å². The van der Waals surface area contributed by atoms with Crippen LogP contribution in [0.4, 0.5) is 5.95 Å². The van der Waals surface area contributed by atoms with E-state index in [0.29, 0.717) is 5.95 Å². The molecule has 0 aliphatic carbocycles. The first-order chi connectivity index (χ1) is 5.54. The Morgan fingerprint density at radius 3 is 2.58 bits per heavy atom. The summed E-state index contributed by atoms with van der Waals surface area (Å²) in [5.74, 6) is 5.65. The number of nitrogens with zero attached hydrogens (tertiary/aromatic N) is 2. The van der Waals surface area contributed by atoms with Gasteiger partial charge in [0.2, 0.25) is 5.95 Å². The summed E-state index contributed by atoms with van der Waals surface area (Å²) in [5, 5.41) is 0. The van der Waals surface area contributed by atoms with Crippen LogP contribution in [0.25, 0.3) is 0 Å². The molecule has 0 saturated carbocycles. The highest BCUT2D eigenvalue weighted by molar-refractivity contribution is 5.25. The van der Waals surface area contributed by atoms with Crippen molar-refractivity contribution in [2.75, 3.05) is 5.43 Å². The summed E-state index contributed by atoms with van der Waals surface area (Å²) >= 11 is 0. The highest BCUT2D eigenvalue weighted by atomic mass is 15.3. The van der Waals surface area contributed by atoms with Crippen molar-refractivity contribution in [1.82, 2.24) is 9.97 Å². The normalized spacial score (nSPS) is 11.3. The predicted octanol–water partition coefficient (Wildman–Crippen LogP) is 1.06. The van der Waals surface area contributed by atoms with E-state index in [1.807, 2.05) is 6.07 Å². The molecule has 0 fully saturated rings. The van der Waals surface area contributed by atoms with E-state index in [1.54, 1.807) is 6.20 Å². The average molecular weight is 166 g/mol. The first-order valence-electron chi connectivity index (χ1n) is 3.84. The summed E-state index contributed by atoms with van der Waals surface area (Å²) in [7, 11) is 0. The van der Waals surface area contributed by atoms with E-state index < -0.39 is 0 Å². The van der Waals surface area contributed by atoms with Gasteiger partial charge in [0.25, 0.3) is 0 Å². The summed E-state index contributed by atoms with van der Waals surface area (Å²) in [4.78, 5) is 8.14. The van der Waals surface area contributed by atoms with E-state index in [2.05, 4.69) is 36.2 Å². The van der Waals surface area contributed by atoms with Crippen LogP contribution in [-0.2, 0) is 5.41 Å². The van der Waals surface area contributed by atoms with Gasteiger partial charge in [-0.2, -0.15) is 0 Å². The molecule has 1 aromatic heterocycles. The second-order valence-electron chi connectivity index (χ2n) is 3.66. The molecule has 0 amide bonds. The lowest BCUT2D eigenvalue weighted by Gasteiger charge is -2.17. The highest BCUT2D eigenvalue weighted by Crippen LogP contribution is 2.19. The first kappa shape index (κ1) is 8.93. The van der Waals surface area contributed by atoms with Crippen molar-refractivity contribution in [3.05, 3.63) is 18.0 Å². The molecule has 0 saturated heterocycles. The third kappa shape index (κ3) is 1.92. The summed E-state index contributed by atoms with van der Waals surface area (Å²) in [6.45, 7) is 6.28. The fourth-order valence-corrected chi connectivity index (χ4v) is 0.846. The molecular formula is C8H14N4. The number of nitrogens with two attached hydrogens (primary N) is 1. The number of hydrogen-bond acceptors (Lipinski definition) is 4. The molecule has 1 heterocycles. The van der Waals surface area contributed by atoms with Crippen LogP contribution >= 0.6 is 0 Å². The number of anilines is 1. The Morgan fingerprint density at radius 2 is 2.08 bits per heavy atom. The molecule has 4 heteroatoms. The molecule has 0 aromatic carbocycles. The zero-order chi connectivity index (χ0) is 9.19. The maximum Gasteiger partial charge on any atom is 0.237 e. The van der Waals surface area contributed by atoms with Gasteiger partial charge in [-0.1, -0.05) is 20.8 Å². The number of hydrogen-bond donors (Lipinski definition) is 2. The Balaban J connectivity index is 3.02. The van der Waals surface area contributed by atoms with Crippen molar-refractivity contribution in [3.8, 4) is 0 Å². The van der Waals surface area contributed by atoms with Gasteiger partial charge in [0.1, 0.15) is 0 Å². The van der Waals surface area contributed by atoms with Crippen LogP contribution in [0.2, 0.25) is 0 Å². The van der Waals surface area contributed by atoms with Crippen molar-refractivity contribution < 1.29 is 0 Å². The lowest BCUT2D eigenvalue weighted by Crippen LogP contribution is -2.17. The van der Waals surface area contributed by atoms with E-state index in [9.17, 15) is 0 Å². The highest BCUT2D eigenvalue weighted by Gasteiger charge is 2.15. The lowest BCUT2D eigenvalue weighted by molar-refractivity contribution is 0.567. The third-order valence-electron chi connectivity index (χ3n) is 1.55. The smallest absolute Gasteiger partial charge is 0.237 e. The van der Waals surface area contributed by atoms with E-state index in [-0.39, 0.29) is 5.41 Å². The van der Waals surface area contributed by atoms with Crippen LogP contribution in [0.3, 0.4) is 0 Å². The van der Waals surface area contributed by atoms with Gasteiger partial charge in [-0.3, -0.25) is 5.43 Å². The number of nitrogen functional groups attached to an aromatic ring is 1. The molecule has 0 unspecified atom stereocenters. The fraction of sp³-hybridized carbons (Fsp3) is 0.500. The molecular weight excluding hydrogens is 152 g/mol. The van der Waals surface area contributed by atoms with Gasteiger partial charge in [0.05, 0.1) is 5.69 Å².